The third-order valence-corrected chi connectivity index (χ3v) is 3.56. The van der Waals surface area contributed by atoms with Crippen molar-refractivity contribution in [2.45, 2.75) is 32.1 Å². The van der Waals surface area contributed by atoms with Gasteiger partial charge in [-0.1, -0.05) is 19.3 Å². The van der Waals surface area contributed by atoms with Crippen LogP contribution in [0.3, 0.4) is 0 Å². The molecular weight excluding hydrogens is 226 g/mol. The molecule has 4 nitrogen and oxygen atoms in total. The molecule has 0 radical (unpaired) electrons. The molecule has 1 amide bonds. The molecule has 1 fully saturated rings. The van der Waals surface area contributed by atoms with E-state index in [2.05, 4.69) is 0 Å². The number of amides is 1. The Balaban J connectivity index is 2.24. The van der Waals surface area contributed by atoms with Gasteiger partial charge in [-0.25, -0.2) is 0 Å². The number of rotatable bonds is 4. The van der Waals surface area contributed by atoms with Crippen molar-refractivity contribution in [2.24, 2.45) is 0 Å². The summed E-state index contributed by atoms with van der Waals surface area (Å²) in [6.45, 7) is 1.68. The highest BCUT2D eigenvalue weighted by Gasteiger charge is 2.14. The topological polar surface area (TPSA) is 57.6 Å². The Bertz CT molecular complexity index is 237. The van der Waals surface area contributed by atoms with Crippen LogP contribution in [-0.4, -0.2) is 46.5 Å². The predicted molar refractivity (Wildman–Crippen MR) is 64.6 cm³/mol. The number of carbonyl (C=O) groups is 2. The van der Waals surface area contributed by atoms with Gasteiger partial charge in [0.15, 0.2) is 0 Å². The first kappa shape index (κ1) is 13.4. The summed E-state index contributed by atoms with van der Waals surface area (Å²) in [4.78, 5) is 24.0. The van der Waals surface area contributed by atoms with Crippen molar-refractivity contribution in [3.05, 3.63) is 0 Å². The van der Waals surface area contributed by atoms with Gasteiger partial charge in [-0.15, -0.1) is 11.8 Å². The smallest absolute Gasteiger partial charge is 0.313 e. The number of thioether (sulfide) groups is 1. The molecule has 1 heterocycles. The zero-order valence-corrected chi connectivity index (χ0v) is 10.3. The summed E-state index contributed by atoms with van der Waals surface area (Å²) in [6.07, 6.45) is 5.83. The molecule has 5 heteroatoms. The van der Waals surface area contributed by atoms with Crippen molar-refractivity contribution < 1.29 is 14.7 Å². The van der Waals surface area contributed by atoms with E-state index in [-0.39, 0.29) is 11.7 Å². The van der Waals surface area contributed by atoms with Gasteiger partial charge in [0.25, 0.3) is 0 Å². The summed E-state index contributed by atoms with van der Waals surface area (Å²) in [6, 6.07) is 0. The second-order valence-corrected chi connectivity index (χ2v) is 5.02. The van der Waals surface area contributed by atoms with Crippen molar-refractivity contribution >= 4 is 23.6 Å². The Morgan fingerprint density at radius 1 is 1.00 bits per heavy atom. The number of carbonyl (C=O) groups excluding carboxylic acids is 1. The van der Waals surface area contributed by atoms with Crippen LogP contribution in [-0.2, 0) is 9.59 Å². The van der Waals surface area contributed by atoms with E-state index in [1.54, 1.807) is 0 Å². The minimum atomic E-state index is -0.856. The van der Waals surface area contributed by atoms with Crippen molar-refractivity contribution in [1.29, 1.82) is 0 Å². The molecule has 0 aliphatic carbocycles. The Hall–Kier alpha value is -0.710. The normalized spacial score (nSPS) is 17.6. The largest absolute Gasteiger partial charge is 0.481 e. The number of hydrogen-bond donors (Lipinski definition) is 1. The van der Waals surface area contributed by atoms with Crippen molar-refractivity contribution in [3.63, 3.8) is 0 Å². The van der Waals surface area contributed by atoms with Crippen LogP contribution in [0.1, 0.15) is 32.1 Å². The average Bonchev–Trinajstić information content (AvgIpc) is 2.15. The van der Waals surface area contributed by atoms with Gasteiger partial charge in [-0.05, 0) is 12.8 Å². The summed E-state index contributed by atoms with van der Waals surface area (Å²) in [5.41, 5.74) is 0. The molecular formula is C11H19NO3S. The van der Waals surface area contributed by atoms with E-state index in [9.17, 15) is 9.59 Å². The maximum atomic E-state index is 11.8. The Labute approximate surface area is 100 Å². The number of carboxylic acids is 1. The Kier molecular flexibility index (Phi) is 6.30. The molecule has 0 bridgehead atoms. The first-order chi connectivity index (χ1) is 7.70. The standard InChI is InChI=1S/C11H19NO3S/c13-10(8-16-9-11(14)15)12-6-4-2-1-3-5-7-12/h1-9H2,(H,14,15). The highest BCUT2D eigenvalue weighted by Crippen LogP contribution is 2.12. The van der Waals surface area contributed by atoms with Crippen LogP contribution in [0.25, 0.3) is 0 Å². The fourth-order valence-corrected chi connectivity index (χ4v) is 2.45. The zero-order valence-electron chi connectivity index (χ0n) is 9.48. The van der Waals surface area contributed by atoms with Gasteiger partial charge >= 0.3 is 5.97 Å². The van der Waals surface area contributed by atoms with Crippen LogP contribution >= 0.6 is 11.8 Å². The number of nitrogens with zero attached hydrogens (tertiary/aromatic N) is 1. The lowest BCUT2D eigenvalue weighted by Crippen LogP contribution is -2.35. The molecule has 16 heavy (non-hydrogen) atoms. The van der Waals surface area contributed by atoms with Crippen LogP contribution in [0, 0.1) is 0 Å². The van der Waals surface area contributed by atoms with Gasteiger partial charge in [0.2, 0.25) is 5.91 Å². The average molecular weight is 245 g/mol. The fourth-order valence-electron chi connectivity index (χ4n) is 1.81. The van der Waals surface area contributed by atoms with Gasteiger partial charge in [0.05, 0.1) is 11.5 Å². The van der Waals surface area contributed by atoms with Crippen LogP contribution in [0.4, 0.5) is 0 Å². The first-order valence-corrected chi connectivity index (χ1v) is 6.93. The number of hydrogen-bond acceptors (Lipinski definition) is 3. The molecule has 0 spiro atoms. The summed E-state index contributed by atoms with van der Waals surface area (Å²) in [5.74, 6) is -0.454. The highest BCUT2D eigenvalue weighted by atomic mass is 32.2. The van der Waals surface area contributed by atoms with E-state index in [1.165, 1.54) is 31.0 Å². The van der Waals surface area contributed by atoms with Gasteiger partial charge < -0.3 is 10.0 Å². The van der Waals surface area contributed by atoms with Crippen molar-refractivity contribution in [3.8, 4) is 0 Å². The van der Waals surface area contributed by atoms with Crippen molar-refractivity contribution in [2.75, 3.05) is 24.6 Å². The van der Waals surface area contributed by atoms with Gasteiger partial charge in [-0.2, -0.15) is 0 Å². The third-order valence-electron chi connectivity index (χ3n) is 2.66. The van der Waals surface area contributed by atoms with Gasteiger partial charge in [-0.3, -0.25) is 9.59 Å². The number of aliphatic carboxylic acids is 1. The SMILES string of the molecule is O=C(O)CSCC(=O)N1CCCCCCC1. The minimum absolute atomic E-state index is 0.0135. The summed E-state index contributed by atoms with van der Waals surface area (Å²) in [7, 11) is 0. The quantitative estimate of drug-likeness (QED) is 0.817. The summed E-state index contributed by atoms with van der Waals surface area (Å²) in [5, 5.41) is 8.47. The van der Waals surface area contributed by atoms with Crippen LogP contribution in [0.15, 0.2) is 0 Å². The van der Waals surface area contributed by atoms with E-state index >= 15 is 0 Å². The molecule has 1 saturated heterocycles. The Morgan fingerprint density at radius 3 is 2.12 bits per heavy atom. The van der Waals surface area contributed by atoms with E-state index in [0.29, 0.717) is 5.75 Å². The summed E-state index contributed by atoms with van der Waals surface area (Å²) >= 11 is 1.18. The molecule has 0 unspecified atom stereocenters. The zero-order chi connectivity index (χ0) is 11.8. The minimum Gasteiger partial charge on any atom is -0.481 e. The molecule has 92 valence electrons. The second kappa shape index (κ2) is 7.54. The molecule has 1 rings (SSSR count). The molecule has 0 aromatic rings. The summed E-state index contributed by atoms with van der Waals surface area (Å²) < 4.78 is 0. The molecule has 0 aromatic carbocycles. The van der Waals surface area contributed by atoms with E-state index in [4.69, 9.17) is 5.11 Å². The van der Waals surface area contributed by atoms with E-state index < -0.39 is 5.97 Å². The van der Waals surface area contributed by atoms with Crippen LogP contribution in [0.5, 0.6) is 0 Å². The fraction of sp³-hybridized carbons (Fsp3) is 0.818. The molecule has 0 saturated carbocycles. The lowest BCUT2D eigenvalue weighted by Gasteiger charge is -2.24. The number of likely N-dealkylation sites (tertiary alicyclic amines) is 1. The highest BCUT2D eigenvalue weighted by molar-refractivity contribution is 8.00. The van der Waals surface area contributed by atoms with Gasteiger partial charge in [0.1, 0.15) is 0 Å². The van der Waals surface area contributed by atoms with Crippen LogP contribution < -0.4 is 0 Å². The van der Waals surface area contributed by atoms with Crippen LogP contribution in [0.2, 0.25) is 0 Å². The molecule has 1 aliphatic rings. The lowest BCUT2D eigenvalue weighted by atomic mass is 10.1. The predicted octanol–water partition coefficient (Wildman–Crippen LogP) is 1.60. The van der Waals surface area contributed by atoms with Gasteiger partial charge in [0, 0.05) is 13.1 Å². The monoisotopic (exact) mass is 245 g/mol. The molecule has 0 aromatic heterocycles. The lowest BCUT2D eigenvalue weighted by molar-refractivity contribution is -0.133. The first-order valence-electron chi connectivity index (χ1n) is 5.77. The number of carboxylic acid groups (broad SMARTS) is 1. The Morgan fingerprint density at radius 2 is 1.56 bits per heavy atom. The maximum Gasteiger partial charge on any atom is 0.313 e. The van der Waals surface area contributed by atoms with E-state index in [0.717, 1.165) is 25.9 Å². The second-order valence-electron chi connectivity index (χ2n) is 4.04. The molecule has 0 atom stereocenters. The third kappa shape index (κ3) is 5.39. The maximum absolute atomic E-state index is 11.8. The molecule has 1 aliphatic heterocycles. The van der Waals surface area contributed by atoms with E-state index in [1.807, 2.05) is 4.90 Å². The molecule has 1 N–H and O–H groups in total. The van der Waals surface area contributed by atoms with Crippen molar-refractivity contribution in [1.82, 2.24) is 4.90 Å².